The molecule has 0 spiro atoms. The van der Waals surface area contributed by atoms with Gasteiger partial charge in [-0.3, -0.25) is 14.4 Å². The van der Waals surface area contributed by atoms with Crippen molar-refractivity contribution >= 4 is 39.7 Å². The Balaban J connectivity index is 2.28. The number of halogens is 1. The van der Waals surface area contributed by atoms with E-state index in [9.17, 15) is 19.2 Å². The molecule has 38 heavy (non-hydrogen) atoms. The van der Waals surface area contributed by atoms with Gasteiger partial charge in [0, 0.05) is 31.0 Å². The fourth-order valence-electron chi connectivity index (χ4n) is 3.87. The van der Waals surface area contributed by atoms with Crippen molar-refractivity contribution in [3.63, 3.8) is 0 Å². The maximum atomic E-state index is 12.6. The molecule has 4 N–H and O–H groups in total. The summed E-state index contributed by atoms with van der Waals surface area (Å²) in [6.07, 6.45) is 12.4. The number of hydrogen-bond acceptors (Lipinski definition) is 5. The van der Waals surface area contributed by atoms with Crippen molar-refractivity contribution in [2.24, 2.45) is 5.73 Å². The van der Waals surface area contributed by atoms with Crippen molar-refractivity contribution in [2.75, 3.05) is 20.1 Å². The Hall–Kier alpha value is -2.62. The van der Waals surface area contributed by atoms with E-state index in [-0.39, 0.29) is 25.4 Å². The lowest BCUT2D eigenvalue weighted by Gasteiger charge is -2.20. The second kappa shape index (κ2) is 20.4. The molecule has 0 radical (unpaired) electrons. The number of carbonyl (C=O) groups excluding carboxylic acids is 4. The Labute approximate surface area is 235 Å². The zero-order valence-electron chi connectivity index (χ0n) is 22.9. The van der Waals surface area contributed by atoms with Crippen LogP contribution >= 0.6 is 15.9 Å². The summed E-state index contributed by atoms with van der Waals surface area (Å²) in [4.78, 5) is 49.9. The van der Waals surface area contributed by atoms with Crippen LogP contribution in [0.4, 0.5) is 4.79 Å². The van der Waals surface area contributed by atoms with Gasteiger partial charge >= 0.3 is 6.09 Å². The second-order valence-electron chi connectivity index (χ2n) is 9.61. The molecule has 1 aromatic rings. The Morgan fingerprint density at radius 1 is 0.921 bits per heavy atom. The summed E-state index contributed by atoms with van der Waals surface area (Å²) in [5, 5.41) is 5.27. The topological polar surface area (TPSA) is 131 Å². The molecule has 0 aliphatic heterocycles. The van der Waals surface area contributed by atoms with Gasteiger partial charge in [0.2, 0.25) is 17.7 Å². The van der Waals surface area contributed by atoms with Gasteiger partial charge in [-0.1, -0.05) is 87.1 Å². The molecule has 0 aliphatic rings. The molecular weight excluding hydrogens is 552 g/mol. The van der Waals surface area contributed by atoms with Crippen molar-refractivity contribution in [1.82, 2.24) is 15.5 Å². The van der Waals surface area contributed by atoms with Crippen LogP contribution in [0.15, 0.2) is 28.7 Å². The van der Waals surface area contributed by atoms with E-state index in [1.54, 1.807) is 31.3 Å². The number of ether oxygens (including phenoxy) is 1. The van der Waals surface area contributed by atoms with Gasteiger partial charge in [0.1, 0.15) is 11.8 Å². The van der Waals surface area contributed by atoms with E-state index >= 15 is 0 Å². The van der Waals surface area contributed by atoms with Gasteiger partial charge in [0.25, 0.3) is 0 Å². The van der Waals surface area contributed by atoms with E-state index in [2.05, 4.69) is 33.5 Å². The Morgan fingerprint density at radius 3 is 2.03 bits per heavy atom. The molecule has 0 heterocycles. The molecule has 214 valence electrons. The number of nitrogens with zero attached hydrogens (tertiary/aromatic N) is 1. The van der Waals surface area contributed by atoms with Crippen LogP contribution in [0.1, 0.15) is 90.4 Å². The van der Waals surface area contributed by atoms with Crippen LogP contribution in [0.2, 0.25) is 0 Å². The first-order chi connectivity index (χ1) is 18.2. The minimum absolute atomic E-state index is 0.120. The number of nitrogens with one attached hydrogen (secondary N) is 2. The number of primary amides is 1. The average molecular weight is 598 g/mol. The number of hydrogen-bond donors (Lipinski definition) is 3. The van der Waals surface area contributed by atoms with Gasteiger partial charge in [-0.25, -0.2) is 4.79 Å². The average Bonchev–Trinajstić information content (AvgIpc) is 2.87. The highest BCUT2D eigenvalue weighted by Gasteiger charge is 2.23. The van der Waals surface area contributed by atoms with Crippen molar-refractivity contribution < 1.29 is 23.9 Å². The van der Waals surface area contributed by atoms with Crippen molar-refractivity contribution in [2.45, 2.75) is 96.4 Å². The Kier molecular flexibility index (Phi) is 17.9. The van der Waals surface area contributed by atoms with Gasteiger partial charge in [-0.2, -0.15) is 0 Å². The fraction of sp³-hybridized carbons (Fsp3) is 0.643. The third kappa shape index (κ3) is 16.3. The van der Waals surface area contributed by atoms with Crippen molar-refractivity contribution in [3.8, 4) is 5.75 Å². The van der Waals surface area contributed by atoms with E-state index in [0.29, 0.717) is 12.2 Å². The first-order valence-corrected chi connectivity index (χ1v) is 14.6. The van der Waals surface area contributed by atoms with Crippen LogP contribution in [0, 0.1) is 0 Å². The van der Waals surface area contributed by atoms with Crippen LogP contribution in [0.5, 0.6) is 5.75 Å². The Morgan fingerprint density at radius 2 is 1.47 bits per heavy atom. The van der Waals surface area contributed by atoms with E-state index in [4.69, 9.17) is 10.5 Å². The predicted molar refractivity (Wildman–Crippen MR) is 153 cm³/mol. The maximum Gasteiger partial charge on any atom is 0.415 e. The summed E-state index contributed by atoms with van der Waals surface area (Å²) < 4.78 is 6.13. The molecule has 1 rings (SSSR count). The molecule has 0 saturated carbocycles. The third-order valence-electron chi connectivity index (χ3n) is 6.14. The Bertz CT molecular complexity index is 850. The molecule has 1 aromatic carbocycles. The van der Waals surface area contributed by atoms with E-state index in [0.717, 1.165) is 23.7 Å². The summed E-state index contributed by atoms with van der Waals surface area (Å²) in [5.74, 6) is -1.09. The minimum Gasteiger partial charge on any atom is -0.410 e. The van der Waals surface area contributed by atoms with Crippen LogP contribution in [0.25, 0.3) is 0 Å². The third-order valence-corrected chi connectivity index (χ3v) is 6.67. The zero-order chi connectivity index (χ0) is 28.2. The van der Waals surface area contributed by atoms with E-state index in [1.807, 2.05) is 0 Å². The summed E-state index contributed by atoms with van der Waals surface area (Å²) in [6.45, 7) is 2.52. The number of benzene rings is 1. The van der Waals surface area contributed by atoms with Crippen LogP contribution in [-0.2, 0) is 14.4 Å². The van der Waals surface area contributed by atoms with Gasteiger partial charge in [0.15, 0.2) is 0 Å². The summed E-state index contributed by atoms with van der Waals surface area (Å²) in [5.41, 5.74) is 5.28. The highest BCUT2D eigenvalue weighted by atomic mass is 79.9. The van der Waals surface area contributed by atoms with Gasteiger partial charge in [-0.15, -0.1) is 0 Å². The van der Waals surface area contributed by atoms with E-state index < -0.39 is 23.9 Å². The highest BCUT2D eigenvalue weighted by Crippen LogP contribution is 2.16. The molecule has 9 nitrogen and oxygen atoms in total. The molecule has 0 fully saturated rings. The molecule has 10 heteroatoms. The number of rotatable bonds is 20. The number of nitrogens with two attached hydrogens (primary N) is 1. The summed E-state index contributed by atoms with van der Waals surface area (Å²) >= 11 is 3.32. The van der Waals surface area contributed by atoms with Crippen LogP contribution in [-0.4, -0.2) is 54.9 Å². The van der Waals surface area contributed by atoms with Crippen molar-refractivity contribution in [1.29, 1.82) is 0 Å². The largest absolute Gasteiger partial charge is 0.415 e. The lowest BCUT2D eigenvalue weighted by molar-refractivity contribution is -0.131. The van der Waals surface area contributed by atoms with E-state index in [1.165, 1.54) is 56.3 Å². The monoisotopic (exact) mass is 596 g/mol. The SMILES string of the molecule is CCCCCCCCCCCCCC(=O)NC(CC(N)=O)C(=O)NCCN(C)C(=O)Oc1ccc(Br)cc1. The molecule has 0 bridgehead atoms. The van der Waals surface area contributed by atoms with Gasteiger partial charge < -0.3 is 26.0 Å². The van der Waals surface area contributed by atoms with Crippen LogP contribution < -0.4 is 21.1 Å². The number of likely N-dealkylation sites (N-methyl/N-ethyl adjacent to an activating group) is 1. The molecule has 1 unspecified atom stereocenters. The molecular formula is C28H45BrN4O5. The number of amides is 4. The lowest BCUT2D eigenvalue weighted by Crippen LogP contribution is -2.50. The molecule has 1 atom stereocenters. The van der Waals surface area contributed by atoms with Crippen molar-refractivity contribution in [3.05, 3.63) is 28.7 Å². The molecule has 4 amide bonds. The summed E-state index contributed by atoms with van der Waals surface area (Å²) in [6, 6.07) is 5.78. The van der Waals surface area contributed by atoms with Crippen LogP contribution in [0.3, 0.4) is 0 Å². The highest BCUT2D eigenvalue weighted by molar-refractivity contribution is 9.10. The first kappa shape index (κ1) is 33.4. The predicted octanol–water partition coefficient (Wildman–Crippen LogP) is 5.06. The van der Waals surface area contributed by atoms with Gasteiger partial charge in [-0.05, 0) is 30.7 Å². The lowest BCUT2D eigenvalue weighted by atomic mass is 10.1. The quantitative estimate of drug-likeness (QED) is 0.181. The normalized spacial score (nSPS) is 11.4. The molecule has 0 aliphatic carbocycles. The standard InChI is InChI=1S/C28H45BrN4O5/c1-3-4-5-6-7-8-9-10-11-12-13-14-26(35)32-24(21-25(30)34)27(36)31-19-20-33(2)28(37)38-23-17-15-22(29)16-18-23/h15-18,24H,3-14,19-21H2,1-2H3,(H2,30,34)(H,31,36)(H,32,35). The molecule has 0 saturated heterocycles. The number of carbonyl (C=O) groups is 4. The smallest absolute Gasteiger partial charge is 0.410 e. The van der Waals surface area contributed by atoms with Gasteiger partial charge in [0.05, 0.1) is 6.42 Å². The maximum absolute atomic E-state index is 12.6. The fourth-order valence-corrected chi connectivity index (χ4v) is 4.13. The number of unbranched alkanes of at least 4 members (excludes halogenated alkanes) is 10. The zero-order valence-corrected chi connectivity index (χ0v) is 24.5. The summed E-state index contributed by atoms with van der Waals surface area (Å²) in [7, 11) is 1.55. The first-order valence-electron chi connectivity index (χ1n) is 13.8. The minimum atomic E-state index is -1.05. The second-order valence-corrected chi connectivity index (χ2v) is 10.5. The molecule has 0 aromatic heterocycles.